The maximum Gasteiger partial charge on any atom is 0.229 e. The van der Waals surface area contributed by atoms with Gasteiger partial charge in [-0.3, -0.25) is 14.4 Å². The van der Waals surface area contributed by atoms with E-state index in [9.17, 15) is 19.5 Å². The quantitative estimate of drug-likeness (QED) is 0.842. The van der Waals surface area contributed by atoms with Crippen molar-refractivity contribution in [2.75, 3.05) is 7.11 Å². The standard InChI is InChI=1S/C20H16O6/c1-20-11-5-3-8-9(4-6-12(8)21)13(11)16(23)17-14(20)10(7-26-17)15(22)18(25-2)19(20)24/h3,5,7,18-19,24H,4,6H2,1-2H3. The van der Waals surface area contributed by atoms with Crippen LogP contribution in [0.1, 0.15) is 66.9 Å². The molecule has 0 saturated heterocycles. The topological polar surface area (TPSA) is 93.8 Å². The Morgan fingerprint density at radius 1 is 1.19 bits per heavy atom. The molecule has 26 heavy (non-hydrogen) atoms. The summed E-state index contributed by atoms with van der Waals surface area (Å²) in [6.07, 6.45) is -0.0867. The van der Waals surface area contributed by atoms with Gasteiger partial charge < -0.3 is 14.3 Å². The molecule has 6 nitrogen and oxygen atoms in total. The monoisotopic (exact) mass is 352 g/mol. The fourth-order valence-corrected chi connectivity index (χ4v) is 4.85. The first-order valence-electron chi connectivity index (χ1n) is 8.52. The highest BCUT2D eigenvalue weighted by Gasteiger charge is 2.57. The van der Waals surface area contributed by atoms with E-state index in [4.69, 9.17) is 9.15 Å². The van der Waals surface area contributed by atoms with Gasteiger partial charge in [0.1, 0.15) is 18.5 Å². The molecule has 1 aromatic heterocycles. The molecule has 6 heteroatoms. The molecule has 0 bridgehead atoms. The van der Waals surface area contributed by atoms with Gasteiger partial charge in [-0.25, -0.2) is 0 Å². The molecule has 0 amide bonds. The molecular weight excluding hydrogens is 336 g/mol. The van der Waals surface area contributed by atoms with Crippen LogP contribution in [0.3, 0.4) is 0 Å². The normalized spacial score (nSPS) is 28.8. The first-order chi connectivity index (χ1) is 12.4. The Morgan fingerprint density at radius 3 is 2.69 bits per heavy atom. The van der Waals surface area contributed by atoms with Crippen molar-refractivity contribution in [3.8, 4) is 0 Å². The SMILES string of the molecule is COC1C(=O)c2coc3c2C(C)(c2ccc4c(c2C3=O)CCC4=O)C1O. The zero-order valence-corrected chi connectivity index (χ0v) is 14.3. The van der Waals surface area contributed by atoms with Crippen LogP contribution in [0.5, 0.6) is 0 Å². The molecule has 132 valence electrons. The minimum atomic E-state index is -1.18. The zero-order chi connectivity index (χ0) is 18.4. The van der Waals surface area contributed by atoms with Gasteiger partial charge in [0.15, 0.2) is 17.3 Å². The molecule has 0 radical (unpaired) electrons. The maximum absolute atomic E-state index is 13.2. The Balaban J connectivity index is 1.88. The molecule has 3 aliphatic carbocycles. The Bertz CT molecular complexity index is 1030. The molecule has 0 fully saturated rings. The summed E-state index contributed by atoms with van der Waals surface area (Å²) in [7, 11) is 1.37. The predicted octanol–water partition coefficient (Wildman–Crippen LogP) is 1.83. The lowest BCUT2D eigenvalue weighted by Crippen LogP contribution is -2.56. The molecule has 5 rings (SSSR count). The van der Waals surface area contributed by atoms with Crippen molar-refractivity contribution >= 4 is 17.3 Å². The van der Waals surface area contributed by atoms with Crippen LogP contribution in [0.15, 0.2) is 22.8 Å². The molecule has 3 atom stereocenters. The summed E-state index contributed by atoms with van der Waals surface area (Å²) in [5, 5.41) is 11.0. The molecule has 1 N–H and O–H groups in total. The molecule has 0 aliphatic heterocycles. The highest BCUT2D eigenvalue weighted by Crippen LogP contribution is 2.51. The average molecular weight is 352 g/mol. The van der Waals surface area contributed by atoms with Gasteiger partial charge in [-0.05, 0) is 24.5 Å². The second-order valence-corrected chi connectivity index (χ2v) is 7.29. The first kappa shape index (κ1) is 15.7. The number of aliphatic hydroxyl groups excluding tert-OH is 1. The van der Waals surface area contributed by atoms with E-state index in [0.717, 1.165) is 0 Å². The summed E-state index contributed by atoms with van der Waals surface area (Å²) in [6, 6.07) is 3.44. The van der Waals surface area contributed by atoms with Crippen molar-refractivity contribution in [1.29, 1.82) is 0 Å². The molecule has 1 aromatic carbocycles. The number of aliphatic hydroxyl groups is 1. The molecule has 0 spiro atoms. The van der Waals surface area contributed by atoms with Crippen molar-refractivity contribution in [1.82, 2.24) is 0 Å². The lowest BCUT2D eigenvalue weighted by Gasteiger charge is -2.44. The number of fused-ring (bicyclic) bond motifs is 4. The van der Waals surface area contributed by atoms with Crippen LogP contribution >= 0.6 is 0 Å². The lowest BCUT2D eigenvalue weighted by atomic mass is 9.59. The van der Waals surface area contributed by atoms with Crippen molar-refractivity contribution in [3.63, 3.8) is 0 Å². The number of furan rings is 1. The van der Waals surface area contributed by atoms with Gasteiger partial charge in [0.2, 0.25) is 5.78 Å². The van der Waals surface area contributed by atoms with Crippen molar-refractivity contribution in [2.24, 2.45) is 0 Å². The summed E-state index contributed by atoms with van der Waals surface area (Å²) < 4.78 is 10.8. The Hall–Kier alpha value is -2.57. The first-order valence-corrected chi connectivity index (χ1v) is 8.52. The van der Waals surface area contributed by atoms with Gasteiger partial charge >= 0.3 is 0 Å². The molecule has 1 heterocycles. The second kappa shape index (κ2) is 4.78. The number of hydrogen-bond acceptors (Lipinski definition) is 6. The Labute approximate surface area is 148 Å². The fraction of sp³-hybridized carbons (Fsp3) is 0.350. The van der Waals surface area contributed by atoms with E-state index < -0.39 is 23.4 Å². The number of ether oxygens (including phenoxy) is 1. The van der Waals surface area contributed by atoms with Crippen LogP contribution < -0.4 is 0 Å². The van der Waals surface area contributed by atoms with Crippen molar-refractivity contribution in [3.05, 3.63) is 57.5 Å². The minimum Gasteiger partial charge on any atom is -0.460 e. The minimum absolute atomic E-state index is 0.0147. The molecule has 3 unspecified atom stereocenters. The zero-order valence-electron chi connectivity index (χ0n) is 14.3. The third kappa shape index (κ3) is 1.53. The van der Waals surface area contributed by atoms with Crippen LogP contribution in [0.25, 0.3) is 0 Å². The number of carbonyl (C=O) groups is 3. The van der Waals surface area contributed by atoms with Crippen LogP contribution in [0, 0.1) is 0 Å². The van der Waals surface area contributed by atoms with E-state index >= 15 is 0 Å². The van der Waals surface area contributed by atoms with Gasteiger partial charge in [0.05, 0.1) is 11.0 Å². The third-order valence-corrected chi connectivity index (χ3v) is 6.17. The van der Waals surface area contributed by atoms with Gasteiger partial charge in [-0.1, -0.05) is 12.1 Å². The van der Waals surface area contributed by atoms with Gasteiger partial charge in [0, 0.05) is 30.2 Å². The summed E-state index contributed by atoms with van der Waals surface area (Å²) in [6.45, 7) is 1.79. The van der Waals surface area contributed by atoms with Crippen molar-refractivity contribution < 1.29 is 28.6 Å². The number of hydrogen-bond donors (Lipinski definition) is 1. The third-order valence-electron chi connectivity index (χ3n) is 6.17. The molecular formula is C20H16O6. The predicted molar refractivity (Wildman–Crippen MR) is 88.8 cm³/mol. The summed E-state index contributed by atoms with van der Waals surface area (Å²) in [5.41, 5.74) is 1.97. The molecule has 2 aromatic rings. The van der Waals surface area contributed by atoms with Gasteiger partial charge in [0.25, 0.3) is 0 Å². The largest absolute Gasteiger partial charge is 0.460 e. The van der Waals surface area contributed by atoms with Crippen LogP contribution in [0.2, 0.25) is 0 Å². The number of benzene rings is 1. The Kier molecular flexibility index (Phi) is 2.88. The van der Waals surface area contributed by atoms with Crippen molar-refractivity contribution in [2.45, 2.75) is 37.4 Å². The summed E-state index contributed by atoms with van der Waals surface area (Å²) in [4.78, 5) is 37.9. The number of ketones is 3. The number of Topliss-reactive ketones (excluding diaryl/α,β-unsaturated/α-hetero) is 2. The highest BCUT2D eigenvalue weighted by molar-refractivity contribution is 6.18. The average Bonchev–Trinajstić information content (AvgIpc) is 3.23. The fourth-order valence-electron chi connectivity index (χ4n) is 4.85. The van der Waals surface area contributed by atoms with Crippen LogP contribution in [-0.2, 0) is 16.6 Å². The van der Waals surface area contributed by atoms with E-state index in [1.807, 2.05) is 0 Å². The van der Waals surface area contributed by atoms with E-state index in [1.54, 1.807) is 19.1 Å². The maximum atomic E-state index is 13.2. The number of carbonyl (C=O) groups excluding carboxylic acids is 3. The van der Waals surface area contributed by atoms with E-state index in [1.165, 1.54) is 13.4 Å². The second-order valence-electron chi connectivity index (χ2n) is 7.29. The lowest BCUT2D eigenvalue weighted by molar-refractivity contribution is -0.0319. The summed E-state index contributed by atoms with van der Waals surface area (Å²) in [5.74, 6) is -0.637. The van der Waals surface area contributed by atoms with Crippen LogP contribution in [-0.4, -0.2) is 41.8 Å². The van der Waals surface area contributed by atoms with Gasteiger partial charge in [-0.15, -0.1) is 0 Å². The van der Waals surface area contributed by atoms with Crippen LogP contribution in [0.4, 0.5) is 0 Å². The molecule has 3 aliphatic rings. The van der Waals surface area contributed by atoms with E-state index in [-0.39, 0.29) is 22.9 Å². The Morgan fingerprint density at radius 2 is 1.96 bits per heavy atom. The number of methoxy groups -OCH3 is 1. The highest BCUT2D eigenvalue weighted by atomic mass is 16.5. The molecule has 0 saturated carbocycles. The number of rotatable bonds is 1. The summed E-state index contributed by atoms with van der Waals surface area (Å²) >= 11 is 0. The smallest absolute Gasteiger partial charge is 0.229 e. The van der Waals surface area contributed by atoms with E-state index in [0.29, 0.717) is 40.7 Å². The van der Waals surface area contributed by atoms with Gasteiger partial charge in [-0.2, -0.15) is 0 Å². The van der Waals surface area contributed by atoms with E-state index in [2.05, 4.69) is 0 Å².